The summed E-state index contributed by atoms with van der Waals surface area (Å²) in [5.74, 6) is 0.0415. The summed E-state index contributed by atoms with van der Waals surface area (Å²) < 4.78 is 10.6. The Kier molecular flexibility index (Phi) is 4.05. The molecule has 0 spiro atoms. The highest BCUT2D eigenvalue weighted by Crippen LogP contribution is 2.23. The molecule has 1 N–H and O–H groups in total. The number of esters is 1. The number of benzene rings is 2. The molecule has 0 saturated heterocycles. The Balaban J connectivity index is 1.48. The number of hydrogen-bond donors (Lipinski definition) is 1. The number of nitrogens with one attached hydrogen (secondary N) is 1. The van der Waals surface area contributed by atoms with Gasteiger partial charge in [0.2, 0.25) is 0 Å². The van der Waals surface area contributed by atoms with Crippen molar-refractivity contribution in [3.8, 4) is 5.75 Å². The lowest BCUT2D eigenvalue weighted by molar-refractivity contribution is -0.134. The van der Waals surface area contributed by atoms with Crippen molar-refractivity contribution in [1.82, 2.24) is 4.98 Å². The number of rotatable bonds is 4. The van der Waals surface area contributed by atoms with Gasteiger partial charge in [-0.05, 0) is 42.7 Å². The molecule has 2 heterocycles. The molecular formula is C21H17NO4. The molecule has 130 valence electrons. The summed E-state index contributed by atoms with van der Waals surface area (Å²) in [6.07, 6.45) is 2.77. The van der Waals surface area contributed by atoms with E-state index >= 15 is 0 Å². The predicted molar refractivity (Wildman–Crippen MR) is 99.5 cm³/mol. The van der Waals surface area contributed by atoms with Gasteiger partial charge in [0.15, 0.2) is 0 Å². The van der Waals surface area contributed by atoms with Crippen LogP contribution >= 0.6 is 0 Å². The summed E-state index contributed by atoms with van der Waals surface area (Å²) in [4.78, 5) is 26.9. The fourth-order valence-corrected chi connectivity index (χ4v) is 3.13. The van der Waals surface area contributed by atoms with Crippen molar-refractivity contribution in [2.24, 2.45) is 0 Å². The molecule has 0 radical (unpaired) electrons. The van der Waals surface area contributed by atoms with Crippen LogP contribution in [0.5, 0.6) is 5.75 Å². The van der Waals surface area contributed by atoms with Gasteiger partial charge in [-0.25, -0.2) is 4.79 Å². The number of aromatic nitrogens is 1. The SMILES string of the molecule is Cc1cc(=O)oc2cc(OC(=O)CCc3c[nH]c4ccccc34)ccc12. The number of aryl methyl sites for hydroxylation is 2. The van der Waals surface area contributed by atoms with Crippen molar-refractivity contribution in [3.63, 3.8) is 0 Å². The first-order valence-electron chi connectivity index (χ1n) is 8.40. The second-order valence-electron chi connectivity index (χ2n) is 6.24. The van der Waals surface area contributed by atoms with Gasteiger partial charge in [-0.3, -0.25) is 4.79 Å². The first kappa shape index (κ1) is 16.1. The molecule has 0 fully saturated rings. The highest BCUT2D eigenvalue weighted by atomic mass is 16.5. The van der Waals surface area contributed by atoms with Gasteiger partial charge < -0.3 is 14.1 Å². The number of hydrogen-bond acceptors (Lipinski definition) is 4. The molecule has 4 aromatic rings. The predicted octanol–water partition coefficient (Wildman–Crippen LogP) is 4.12. The molecule has 0 aliphatic rings. The van der Waals surface area contributed by atoms with E-state index in [4.69, 9.17) is 9.15 Å². The maximum Gasteiger partial charge on any atom is 0.336 e. The van der Waals surface area contributed by atoms with Gasteiger partial charge >= 0.3 is 11.6 Å². The first-order chi connectivity index (χ1) is 12.6. The largest absolute Gasteiger partial charge is 0.426 e. The van der Waals surface area contributed by atoms with Gasteiger partial charge in [0.05, 0.1) is 6.42 Å². The Hall–Kier alpha value is -3.34. The highest BCUT2D eigenvalue weighted by molar-refractivity contribution is 5.84. The fraction of sp³-hybridized carbons (Fsp3) is 0.143. The zero-order chi connectivity index (χ0) is 18.1. The normalized spacial score (nSPS) is 11.1. The third-order valence-electron chi connectivity index (χ3n) is 4.43. The second kappa shape index (κ2) is 6.52. The number of para-hydroxylation sites is 1. The number of carbonyl (C=O) groups excluding carboxylic acids is 1. The summed E-state index contributed by atoms with van der Waals surface area (Å²) in [6.45, 7) is 1.84. The molecule has 0 saturated carbocycles. The number of fused-ring (bicyclic) bond motifs is 2. The molecule has 5 nitrogen and oxygen atoms in total. The molecule has 0 bridgehead atoms. The fourth-order valence-electron chi connectivity index (χ4n) is 3.13. The van der Waals surface area contributed by atoms with Gasteiger partial charge in [0, 0.05) is 34.6 Å². The molecule has 4 rings (SSSR count). The van der Waals surface area contributed by atoms with Crippen molar-refractivity contribution >= 4 is 27.8 Å². The van der Waals surface area contributed by atoms with E-state index in [0.29, 0.717) is 17.8 Å². The zero-order valence-electron chi connectivity index (χ0n) is 14.2. The minimum atomic E-state index is -0.419. The summed E-state index contributed by atoms with van der Waals surface area (Å²) in [5, 5.41) is 1.94. The van der Waals surface area contributed by atoms with Crippen molar-refractivity contribution in [2.75, 3.05) is 0 Å². The molecule has 0 atom stereocenters. The average Bonchev–Trinajstić information content (AvgIpc) is 3.03. The van der Waals surface area contributed by atoms with E-state index in [9.17, 15) is 9.59 Å². The van der Waals surface area contributed by atoms with Gasteiger partial charge in [-0.15, -0.1) is 0 Å². The third-order valence-corrected chi connectivity index (χ3v) is 4.43. The Bertz CT molecular complexity index is 1170. The van der Waals surface area contributed by atoms with Crippen LogP contribution in [0.25, 0.3) is 21.9 Å². The smallest absolute Gasteiger partial charge is 0.336 e. The Morgan fingerprint density at radius 2 is 1.96 bits per heavy atom. The van der Waals surface area contributed by atoms with Crippen LogP contribution in [0, 0.1) is 6.92 Å². The van der Waals surface area contributed by atoms with Gasteiger partial charge in [0.25, 0.3) is 0 Å². The molecular weight excluding hydrogens is 330 g/mol. The van der Waals surface area contributed by atoms with Crippen LogP contribution in [0.4, 0.5) is 0 Å². The van der Waals surface area contributed by atoms with Crippen molar-refractivity contribution < 1.29 is 13.9 Å². The highest BCUT2D eigenvalue weighted by Gasteiger charge is 2.10. The third kappa shape index (κ3) is 3.11. The van der Waals surface area contributed by atoms with Crippen LogP contribution in [0.15, 0.2) is 63.9 Å². The minimum absolute atomic E-state index is 0.262. The molecule has 0 amide bonds. The maximum absolute atomic E-state index is 12.2. The maximum atomic E-state index is 12.2. The van der Waals surface area contributed by atoms with E-state index in [2.05, 4.69) is 4.98 Å². The minimum Gasteiger partial charge on any atom is -0.426 e. The van der Waals surface area contributed by atoms with Crippen LogP contribution < -0.4 is 10.4 Å². The van der Waals surface area contributed by atoms with Gasteiger partial charge in [-0.2, -0.15) is 0 Å². The lowest BCUT2D eigenvalue weighted by atomic mass is 10.1. The van der Waals surface area contributed by atoms with E-state index in [1.165, 1.54) is 6.07 Å². The second-order valence-corrected chi connectivity index (χ2v) is 6.24. The lowest BCUT2D eigenvalue weighted by Gasteiger charge is -2.06. The topological polar surface area (TPSA) is 72.3 Å². The quantitative estimate of drug-likeness (QED) is 0.342. The molecule has 0 unspecified atom stereocenters. The van der Waals surface area contributed by atoms with Gasteiger partial charge in [-0.1, -0.05) is 18.2 Å². The van der Waals surface area contributed by atoms with Crippen LogP contribution in [-0.4, -0.2) is 11.0 Å². The first-order valence-corrected chi connectivity index (χ1v) is 8.40. The van der Waals surface area contributed by atoms with Crippen LogP contribution in [0.2, 0.25) is 0 Å². The molecule has 2 aromatic heterocycles. The van der Waals surface area contributed by atoms with E-state index in [-0.39, 0.29) is 12.4 Å². The van der Waals surface area contributed by atoms with Crippen LogP contribution in [0.1, 0.15) is 17.5 Å². The number of aromatic amines is 1. The number of H-pyrrole nitrogens is 1. The van der Waals surface area contributed by atoms with Crippen LogP contribution in [0.3, 0.4) is 0 Å². The summed E-state index contributed by atoms with van der Waals surface area (Å²) >= 11 is 0. The molecule has 0 aliphatic heterocycles. The summed E-state index contributed by atoms with van der Waals surface area (Å²) in [5.41, 5.74) is 2.96. The van der Waals surface area contributed by atoms with Crippen molar-refractivity contribution in [2.45, 2.75) is 19.8 Å². The van der Waals surface area contributed by atoms with Crippen LogP contribution in [-0.2, 0) is 11.2 Å². The average molecular weight is 347 g/mol. The molecule has 2 aromatic carbocycles. The Labute approximate surface area is 149 Å². The number of carbonyl (C=O) groups is 1. The standard InChI is InChI=1S/C21H17NO4/c1-13-10-21(24)26-19-11-15(7-8-16(13)19)25-20(23)9-6-14-12-22-18-5-3-2-4-17(14)18/h2-5,7-8,10-12,22H,6,9H2,1H3. The molecule has 5 heteroatoms. The Morgan fingerprint density at radius 1 is 1.12 bits per heavy atom. The molecule has 0 aliphatic carbocycles. The van der Waals surface area contributed by atoms with E-state index in [0.717, 1.165) is 27.4 Å². The van der Waals surface area contributed by atoms with Crippen molar-refractivity contribution in [1.29, 1.82) is 0 Å². The molecule has 26 heavy (non-hydrogen) atoms. The Morgan fingerprint density at radius 3 is 2.85 bits per heavy atom. The van der Waals surface area contributed by atoms with E-state index in [1.807, 2.05) is 37.4 Å². The summed E-state index contributed by atoms with van der Waals surface area (Å²) in [6, 6.07) is 14.5. The van der Waals surface area contributed by atoms with E-state index in [1.54, 1.807) is 18.2 Å². The lowest BCUT2D eigenvalue weighted by Crippen LogP contribution is -2.09. The van der Waals surface area contributed by atoms with E-state index < -0.39 is 5.63 Å². The number of ether oxygens (including phenoxy) is 1. The summed E-state index contributed by atoms with van der Waals surface area (Å²) in [7, 11) is 0. The van der Waals surface area contributed by atoms with Crippen molar-refractivity contribution in [3.05, 3.63) is 76.3 Å². The monoisotopic (exact) mass is 347 g/mol. The van der Waals surface area contributed by atoms with Gasteiger partial charge in [0.1, 0.15) is 11.3 Å². The zero-order valence-corrected chi connectivity index (χ0v) is 14.2.